The molecule has 0 atom stereocenters. The van der Waals surface area contributed by atoms with Gasteiger partial charge in [0, 0.05) is 26.2 Å². The number of hydrogen-bond acceptors (Lipinski definition) is 4. The van der Waals surface area contributed by atoms with Crippen LogP contribution in [0, 0.1) is 5.92 Å². The van der Waals surface area contributed by atoms with Crippen molar-refractivity contribution in [3.63, 3.8) is 0 Å². The van der Waals surface area contributed by atoms with E-state index >= 15 is 0 Å². The van der Waals surface area contributed by atoms with E-state index < -0.39 is 10.0 Å². The number of rotatable bonds is 4. The van der Waals surface area contributed by atoms with Crippen LogP contribution in [0.3, 0.4) is 0 Å². The summed E-state index contributed by atoms with van der Waals surface area (Å²) in [6.07, 6.45) is 0.807. The zero-order chi connectivity index (χ0) is 11.6. The molecule has 94 valence electrons. The molecule has 5 nitrogen and oxygen atoms in total. The minimum atomic E-state index is -3.00. The average molecular weight is 247 g/mol. The van der Waals surface area contributed by atoms with Crippen molar-refractivity contribution in [1.82, 2.24) is 14.5 Å². The predicted molar refractivity (Wildman–Crippen MR) is 63.8 cm³/mol. The molecule has 0 aromatic heterocycles. The maximum absolute atomic E-state index is 12.0. The fourth-order valence-corrected chi connectivity index (χ4v) is 3.67. The number of nitrogens with one attached hydrogen (secondary N) is 1. The summed E-state index contributed by atoms with van der Waals surface area (Å²) < 4.78 is 25.7. The number of hydrogen-bond donors (Lipinski definition) is 1. The SMILES string of the molecule is CN1CCN(S(=O)(=O)CCC2CNC2)CC1. The van der Waals surface area contributed by atoms with Gasteiger partial charge in [-0.25, -0.2) is 8.42 Å². The first kappa shape index (κ1) is 12.3. The van der Waals surface area contributed by atoms with Crippen LogP contribution in [0.15, 0.2) is 0 Å². The van der Waals surface area contributed by atoms with Gasteiger partial charge in [0.25, 0.3) is 0 Å². The first-order valence-corrected chi connectivity index (χ1v) is 7.56. The van der Waals surface area contributed by atoms with E-state index in [1.807, 2.05) is 7.05 Å². The van der Waals surface area contributed by atoms with Crippen molar-refractivity contribution in [1.29, 1.82) is 0 Å². The van der Waals surface area contributed by atoms with E-state index in [2.05, 4.69) is 10.2 Å². The Hall–Kier alpha value is -0.170. The van der Waals surface area contributed by atoms with Crippen LogP contribution in [0.4, 0.5) is 0 Å². The van der Waals surface area contributed by atoms with Crippen LogP contribution < -0.4 is 5.32 Å². The Morgan fingerprint density at radius 2 is 1.81 bits per heavy atom. The van der Waals surface area contributed by atoms with Gasteiger partial charge in [0.15, 0.2) is 0 Å². The first-order chi connectivity index (χ1) is 7.58. The van der Waals surface area contributed by atoms with Crippen molar-refractivity contribution in [3.8, 4) is 0 Å². The second-order valence-corrected chi connectivity index (χ2v) is 6.92. The Labute approximate surface area is 97.8 Å². The highest BCUT2D eigenvalue weighted by Gasteiger charge is 2.27. The van der Waals surface area contributed by atoms with Gasteiger partial charge in [0.2, 0.25) is 10.0 Å². The molecule has 1 N–H and O–H groups in total. The van der Waals surface area contributed by atoms with Gasteiger partial charge in [0.1, 0.15) is 0 Å². The van der Waals surface area contributed by atoms with Crippen molar-refractivity contribution in [2.75, 3.05) is 52.1 Å². The van der Waals surface area contributed by atoms with Crippen LogP contribution >= 0.6 is 0 Å². The van der Waals surface area contributed by atoms with Gasteiger partial charge in [0.05, 0.1) is 5.75 Å². The van der Waals surface area contributed by atoms with Crippen molar-refractivity contribution in [2.24, 2.45) is 5.92 Å². The predicted octanol–water partition coefficient (Wildman–Crippen LogP) is -0.827. The molecule has 2 fully saturated rings. The molecule has 2 heterocycles. The van der Waals surface area contributed by atoms with Crippen LogP contribution in [-0.4, -0.2) is 69.7 Å². The number of likely N-dealkylation sites (N-methyl/N-ethyl adjacent to an activating group) is 1. The van der Waals surface area contributed by atoms with Crippen LogP contribution in [0.5, 0.6) is 0 Å². The molecule has 2 saturated heterocycles. The zero-order valence-electron chi connectivity index (χ0n) is 9.85. The van der Waals surface area contributed by atoms with Gasteiger partial charge in [-0.2, -0.15) is 4.31 Å². The van der Waals surface area contributed by atoms with Gasteiger partial charge in [-0.1, -0.05) is 0 Å². The molecule has 0 aromatic carbocycles. The van der Waals surface area contributed by atoms with Crippen molar-refractivity contribution in [3.05, 3.63) is 0 Å². The number of sulfonamides is 1. The van der Waals surface area contributed by atoms with Crippen LogP contribution in [-0.2, 0) is 10.0 Å². The lowest BCUT2D eigenvalue weighted by molar-refractivity contribution is 0.221. The third-order valence-corrected chi connectivity index (χ3v) is 5.41. The molecular formula is C10H21N3O2S. The van der Waals surface area contributed by atoms with Crippen molar-refractivity contribution in [2.45, 2.75) is 6.42 Å². The quantitative estimate of drug-likeness (QED) is 0.705. The first-order valence-electron chi connectivity index (χ1n) is 5.95. The molecule has 0 aliphatic carbocycles. The van der Waals surface area contributed by atoms with E-state index in [-0.39, 0.29) is 0 Å². The van der Waals surface area contributed by atoms with E-state index in [0.717, 1.165) is 32.6 Å². The molecule has 6 heteroatoms. The second kappa shape index (κ2) is 5.00. The van der Waals surface area contributed by atoms with Gasteiger partial charge in [-0.3, -0.25) is 0 Å². The van der Waals surface area contributed by atoms with E-state index in [0.29, 0.717) is 24.8 Å². The summed E-state index contributed by atoms with van der Waals surface area (Å²) in [5.74, 6) is 0.894. The summed E-state index contributed by atoms with van der Waals surface area (Å²) in [6.45, 7) is 4.98. The Morgan fingerprint density at radius 3 is 2.31 bits per heavy atom. The third kappa shape index (κ3) is 2.94. The molecule has 0 amide bonds. The molecule has 16 heavy (non-hydrogen) atoms. The second-order valence-electron chi connectivity index (χ2n) is 4.83. The largest absolute Gasteiger partial charge is 0.316 e. The lowest BCUT2D eigenvalue weighted by atomic mass is 10.0. The Morgan fingerprint density at radius 1 is 1.19 bits per heavy atom. The van der Waals surface area contributed by atoms with Crippen LogP contribution in [0.1, 0.15) is 6.42 Å². The molecule has 0 unspecified atom stereocenters. The van der Waals surface area contributed by atoms with Gasteiger partial charge < -0.3 is 10.2 Å². The molecular weight excluding hydrogens is 226 g/mol. The van der Waals surface area contributed by atoms with Gasteiger partial charge >= 0.3 is 0 Å². The van der Waals surface area contributed by atoms with Gasteiger partial charge in [-0.15, -0.1) is 0 Å². The Bertz CT molecular complexity index is 319. The average Bonchev–Trinajstić information content (AvgIpc) is 2.15. The van der Waals surface area contributed by atoms with Gasteiger partial charge in [-0.05, 0) is 32.5 Å². The summed E-state index contributed by atoms with van der Waals surface area (Å²) in [5, 5.41) is 3.17. The monoisotopic (exact) mass is 247 g/mol. The minimum absolute atomic E-state index is 0.322. The van der Waals surface area contributed by atoms with Crippen LogP contribution in [0.2, 0.25) is 0 Å². The van der Waals surface area contributed by atoms with E-state index in [1.54, 1.807) is 4.31 Å². The minimum Gasteiger partial charge on any atom is -0.316 e. The summed E-state index contributed by atoms with van der Waals surface area (Å²) in [4.78, 5) is 2.17. The van der Waals surface area contributed by atoms with Crippen molar-refractivity contribution < 1.29 is 8.42 Å². The molecule has 0 radical (unpaired) electrons. The van der Waals surface area contributed by atoms with Crippen LogP contribution in [0.25, 0.3) is 0 Å². The summed E-state index contributed by atoms with van der Waals surface area (Å²) in [7, 11) is -0.967. The highest BCUT2D eigenvalue weighted by atomic mass is 32.2. The molecule has 2 aliphatic heterocycles. The Kier molecular flexibility index (Phi) is 3.84. The number of piperazine rings is 1. The maximum atomic E-state index is 12.0. The standard InChI is InChI=1S/C10H21N3O2S/c1-12-3-5-13(6-4-12)16(14,15)7-2-10-8-11-9-10/h10-11H,2-9H2,1H3. The van der Waals surface area contributed by atoms with E-state index in [9.17, 15) is 8.42 Å². The highest BCUT2D eigenvalue weighted by Crippen LogP contribution is 2.13. The van der Waals surface area contributed by atoms with E-state index in [1.165, 1.54) is 0 Å². The molecule has 2 rings (SSSR count). The third-order valence-electron chi connectivity index (χ3n) is 3.51. The topological polar surface area (TPSA) is 52.7 Å². The molecule has 0 saturated carbocycles. The molecule has 0 aromatic rings. The Balaban J connectivity index is 1.81. The maximum Gasteiger partial charge on any atom is 0.214 e. The smallest absolute Gasteiger partial charge is 0.214 e. The fraction of sp³-hybridized carbons (Fsp3) is 1.00. The summed E-state index contributed by atoms with van der Waals surface area (Å²) in [6, 6.07) is 0. The molecule has 2 aliphatic rings. The van der Waals surface area contributed by atoms with E-state index in [4.69, 9.17) is 0 Å². The summed E-state index contributed by atoms with van der Waals surface area (Å²) >= 11 is 0. The number of nitrogens with zero attached hydrogens (tertiary/aromatic N) is 2. The normalized spacial score (nSPS) is 25.6. The zero-order valence-corrected chi connectivity index (χ0v) is 10.7. The summed E-state index contributed by atoms with van der Waals surface area (Å²) in [5.41, 5.74) is 0. The molecule has 0 spiro atoms. The van der Waals surface area contributed by atoms with Crippen molar-refractivity contribution >= 4 is 10.0 Å². The highest BCUT2D eigenvalue weighted by molar-refractivity contribution is 7.89. The lowest BCUT2D eigenvalue weighted by Crippen LogP contribution is -2.49. The fourth-order valence-electron chi connectivity index (χ4n) is 2.06. The molecule has 0 bridgehead atoms. The lowest BCUT2D eigenvalue weighted by Gasteiger charge is -2.33.